The van der Waals surface area contributed by atoms with Crippen molar-refractivity contribution in [1.29, 1.82) is 0 Å². The lowest BCUT2D eigenvalue weighted by molar-refractivity contribution is 0.194. The van der Waals surface area contributed by atoms with E-state index in [1.165, 1.54) is 25.8 Å². The molecule has 0 aromatic carbocycles. The van der Waals surface area contributed by atoms with E-state index in [1.54, 1.807) is 0 Å². The Morgan fingerprint density at radius 2 is 2.38 bits per heavy atom. The number of likely N-dealkylation sites (tertiary alicyclic amines) is 1. The predicted molar refractivity (Wildman–Crippen MR) is 66.7 cm³/mol. The molecule has 0 radical (unpaired) electrons. The summed E-state index contributed by atoms with van der Waals surface area (Å²) in [5.74, 6) is 0. The van der Waals surface area contributed by atoms with Crippen LogP contribution in [-0.4, -0.2) is 40.9 Å². The van der Waals surface area contributed by atoms with Crippen LogP contribution in [0.3, 0.4) is 0 Å². The van der Waals surface area contributed by atoms with Gasteiger partial charge in [-0.15, -0.1) is 0 Å². The van der Waals surface area contributed by atoms with Crippen LogP contribution < -0.4 is 5.32 Å². The molecule has 1 aromatic heterocycles. The summed E-state index contributed by atoms with van der Waals surface area (Å²) in [5.41, 5.74) is 1.14. The van der Waals surface area contributed by atoms with Crippen molar-refractivity contribution < 1.29 is 0 Å². The summed E-state index contributed by atoms with van der Waals surface area (Å²) in [6.07, 6.45) is 8.01. The number of likely N-dealkylation sites (N-methyl/N-ethyl adjacent to an activating group) is 1. The van der Waals surface area contributed by atoms with Crippen LogP contribution in [0.4, 0.5) is 5.69 Å². The van der Waals surface area contributed by atoms with Gasteiger partial charge in [0.05, 0.1) is 11.9 Å². The number of nitrogens with one attached hydrogen (secondary N) is 1. The van der Waals surface area contributed by atoms with Crippen molar-refractivity contribution in [3.63, 3.8) is 0 Å². The van der Waals surface area contributed by atoms with E-state index in [0.717, 1.165) is 18.8 Å². The van der Waals surface area contributed by atoms with E-state index in [2.05, 4.69) is 35.5 Å². The second-order valence-corrected chi connectivity index (χ2v) is 4.60. The zero-order chi connectivity index (χ0) is 11.4. The number of piperidine rings is 1. The van der Waals surface area contributed by atoms with Gasteiger partial charge in [0.15, 0.2) is 0 Å². The Kier molecular flexibility index (Phi) is 3.83. The number of hydrogen-bond acceptors (Lipinski definition) is 3. The Balaban J connectivity index is 1.81. The summed E-state index contributed by atoms with van der Waals surface area (Å²) in [4.78, 5) is 2.46. The van der Waals surface area contributed by atoms with Gasteiger partial charge in [-0.1, -0.05) is 6.42 Å². The zero-order valence-electron chi connectivity index (χ0n) is 10.3. The first-order chi connectivity index (χ1) is 7.79. The molecule has 1 aliphatic heterocycles. The lowest BCUT2D eigenvalue weighted by Gasteiger charge is -2.32. The first kappa shape index (κ1) is 11.5. The molecule has 2 heterocycles. The Morgan fingerprint density at radius 3 is 3.06 bits per heavy atom. The molecule has 0 spiro atoms. The molecule has 0 bridgehead atoms. The van der Waals surface area contributed by atoms with Crippen LogP contribution in [0, 0.1) is 0 Å². The van der Waals surface area contributed by atoms with E-state index < -0.39 is 0 Å². The Labute approximate surface area is 97.6 Å². The summed E-state index contributed by atoms with van der Waals surface area (Å²) in [7, 11) is 2.22. The third-order valence-electron chi connectivity index (χ3n) is 3.42. The van der Waals surface area contributed by atoms with E-state index in [9.17, 15) is 0 Å². The van der Waals surface area contributed by atoms with Crippen molar-refractivity contribution in [2.75, 3.05) is 25.5 Å². The lowest BCUT2D eigenvalue weighted by atomic mass is 10.0. The second kappa shape index (κ2) is 5.34. The molecular weight excluding hydrogens is 200 g/mol. The monoisotopic (exact) mass is 222 g/mol. The minimum atomic E-state index is 0.679. The van der Waals surface area contributed by atoms with Crippen LogP contribution in [0.5, 0.6) is 0 Å². The number of anilines is 1. The zero-order valence-corrected chi connectivity index (χ0v) is 10.3. The van der Waals surface area contributed by atoms with Crippen LogP contribution in [0.15, 0.2) is 12.4 Å². The van der Waals surface area contributed by atoms with Crippen LogP contribution in [0.2, 0.25) is 0 Å². The Hall–Kier alpha value is -1.03. The molecule has 1 atom stereocenters. The molecule has 1 aromatic rings. The standard InChI is InChI=1S/C12H22N4/c1-3-16-10-11(8-14-16)13-9-12-6-4-5-7-15(12)2/h8,10,12-13H,3-7,9H2,1-2H3. The van der Waals surface area contributed by atoms with Gasteiger partial charge in [-0.3, -0.25) is 4.68 Å². The highest BCUT2D eigenvalue weighted by Gasteiger charge is 2.18. The van der Waals surface area contributed by atoms with Gasteiger partial charge in [0, 0.05) is 25.3 Å². The molecule has 4 nitrogen and oxygen atoms in total. The van der Waals surface area contributed by atoms with E-state index in [-0.39, 0.29) is 0 Å². The van der Waals surface area contributed by atoms with Crippen molar-refractivity contribution in [1.82, 2.24) is 14.7 Å². The summed E-state index contributed by atoms with van der Waals surface area (Å²) in [6, 6.07) is 0.679. The summed E-state index contributed by atoms with van der Waals surface area (Å²) in [6.45, 7) is 5.31. The van der Waals surface area contributed by atoms with Crippen molar-refractivity contribution in [3.8, 4) is 0 Å². The summed E-state index contributed by atoms with van der Waals surface area (Å²) in [5, 5.41) is 7.73. The van der Waals surface area contributed by atoms with Crippen molar-refractivity contribution in [2.24, 2.45) is 0 Å². The van der Waals surface area contributed by atoms with E-state index in [0.29, 0.717) is 6.04 Å². The molecule has 4 heteroatoms. The smallest absolute Gasteiger partial charge is 0.0727 e. The van der Waals surface area contributed by atoms with E-state index in [1.807, 2.05) is 10.9 Å². The maximum Gasteiger partial charge on any atom is 0.0727 e. The third-order valence-corrected chi connectivity index (χ3v) is 3.42. The van der Waals surface area contributed by atoms with Gasteiger partial charge in [-0.2, -0.15) is 5.10 Å². The fourth-order valence-electron chi connectivity index (χ4n) is 2.27. The topological polar surface area (TPSA) is 33.1 Å². The normalized spacial score (nSPS) is 22.2. The fourth-order valence-corrected chi connectivity index (χ4v) is 2.27. The molecule has 90 valence electrons. The molecule has 1 aliphatic rings. The average Bonchev–Trinajstić information content (AvgIpc) is 2.76. The SMILES string of the molecule is CCn1cc(NCC2CCCCN2C)cn1. The molecule has 0 amide bonds. The molecule has 1 fully saturated rings. The van der Waals surface area contributed by atoms with Crippen molar-refractivity contribution in [3.05, 3.63) is 12.4 Å². The number of nitrogens with zero attached hydrogens (tertiary/aromatic N) is 3. The van der Waals surface area contributed by atoms with Gasteiger partial charge >= 0.3 is 0 Å². The van der Waals surface area contributed by atoms with E-state index in [4.69, 9.17) is 0 Å². The quantitative estimate of drug-likeness (QED) is 0.843. The van der Waals surface area contributed by atoms with Crippen molar-refractivity contribution in [2.45, 2.75) is 38.8 Å². The first-order valence-electron chi connectivity index (χ1n) is 6.26. The highest BCUT2D eigenvalue weighted by atomic mass is 15.3. The van der Waals surface area contributed by atoms with Gasteiger partial charge in [-0.05, 0) is 33.4 Å². The highest BCUT2D eigenvalue weighted by molar-refractivity contribution is 5.38. The van der Waals surface area contributed by atoms with Gasteiger partial charge in [0.2, 0.25) is 0 Å². The summed E-state index contributed by atoms with van der Waals surface area (Å²) >= 11 is 0. The Bertz CT molecular complexity index is 321. The summed E-state index contributed by atoms with van der Waals surface area (Å²) < 4.78 is 1.95. The largest absolute Gasteiger partial charge is 0.381 e. The minimum Gasteiger partial charge on any atom is -0.381 e. The van der Waals surface area contributed by atoms with Gasteiger partial charge in [0.25, 0.3) is 0 Å². The number of hydrogen-bond donors (Lipinski definition) is 1. The number of rotatable bonds is 4. The maximum absolute atomic E-state index is 4.26. The molecule has 1 N–H and O–H groups in total. The van der Waals surface area contributed by atoms with Crippen LogP contribution in [-0.2, 0) is 6.54 Å². The van der Waals surface area contributed by atoms with Crippen LogP contribution >= 0.6 is 0 Å². The molecule has 2 rings (SSSR count). The van der Waals surface area contributed by atoms with Crippen molar-refractivity contribution >= 4 is 5.69 Å². The maximum atomic E-state index is 4.26. The molecule has 0 saturated carbocycles. The average molecular weight is 222 g/mol. The minimum absolute atomic E-state index is 0.679. The number of aryl methyl sites for hydroxylation is 1. The number of aromatic nitrogens is 2. The third kappa shape index (κ3) is 2.76. The molecule has 1 saturated heterocycles. The molecular formula is C12H22N4. The van der Waals surface area contributed by atoms with Gasteiger partial charge < -0.3 is 10.2 Å². The van der Waals surface area contributed by atoms with Gasteiger partial charge in [0.1, 0.15) is 0 Å². The molecule has 1 unspecified atom stereocenters. The van der Waals surface area contributed by atoms with Crippen LogP contribution in [0.25, 0.3) is 0 Å². The van der Waals surface area contributed by atoms with Gasteiger partial charge in [-0.25, -0.2) is 0 Å². The first-order valence-corrected chi connectivity index (χ1v) is 6.26. The second-order valence-electron chi connectivity index (χ2n) is 4.60. The lowest BCUT2D eigenvalue weighted by Crippen LogP contribution is -2.40. The van der Waals surface area contributed by atoms with E-state index >= 15 is 0 Å². The predicted octanol–water partition coefficient (Wildman–Crippen LogP) is 1.80. The Morgan fingerprint density at radius 1 is 1.50 bits per heavy atom. The highest BCUT2D eigenvalue weighted by Crippen LogP contribution is 2.15. The van der Waals surface area contributed by atoms with Crippen LogP contribution in [0.1, 0.15) is 26.2 Å². The molecule has 0 aliphatic carbocycles. The molecule has 16 heavy (non-hydrogen) atoms. The fraction of sp³-hybridized carbons (Fsp3) is 0.750.